The van der Waals surface area contributed by atoms with Crippen molar-refractivity contribution in [1.82, 2.24) is 14.9 Å². The van der Waals surface area contributed by atoms with Gasteiger partial charge < -0.3 is 15.0 Å². The van der Waals surface area contributed by atoms with Crippen LogP contribution in [0.3, 0.4) is 0 Å². The van der Waals surface area contributed by atoms with Crippen molar-refractivity contribution in [3.63, 3.8) is 0 Å². The van der Waals surface area contributed by atoms with Gasteiger partial charge in [-0.3, -0.25) is 0 Å². The number of likely N-dealkylation sites (tertiary alicyclic amines) is 1. The lowest BCUT2D eigenvalue weighted by atomic mass is 9.97. The third-order valence-electron chi connectivity index (χ3n) is 4.51. The molecule has 1 saturated carbocycles. The van der Waals surface area contributed by atoms with Crippen LogP contribution in [-0.4, -0.2) is 54.8 Å². The van der Waals surface area contributed by atoms with Gasteiger partial charge in [0.1, 0.15) is 11.6 Å². The van der Waals surface area contributed by atoms with Crippen molar-refractivity contribution < 1.29 is 4.74 Å². The molecule has 0 radical (unpaired) electrons. The second-order valence-electron chi connectivity index (χ2n) is 6.23. The summed E-state index contributed by atoms with van der Waals surface area (Å²) in [4.78, 5) is 11.5. The highest BCUT2D eigenvalue weighted by Gasteiger charge is 2.26. The van der Waals surface area contributed by atoms with Gasteiger partial charge in [0.05, 0.1) is 6.61 Å². The Morgan fingerprint density at radius 2 is 2.10 bits per heavy atom. The van der Waals surface area contributed by atoms with E-state index >= 15 is 0 Å². The molecule has 1 aromatic heterocycles. The molecule has 0 bridgehead atoms. The van der Waals surface area contributed by atoms with Gasteiger partial charge in [0.25, 0.3) is 0 Å². The molecule has 0 spiro atoms. The fourth-order valence-electron chi connectivity index (χ4n) is 2.89. The number of rotatable bonds is 7. The van der Waals surface area contributed by atoms with Crippen LogP contribution in [0, 0.1) is 5.92 Å². The molecule has 2 fully saturated rings. The van der Waals surface area contributed by atoms with Crippen molar-refractivity contribution in [3.8, 4) is 0 Å². The first-order chi connectivity index (χ1) is 10.3. The average Bonchev–Trinajstić information content (AvgIpc) is 3.37. The van der Waals surface area contributed by atoms with E-state index in [1.54, 1.807) is 7.11 Å². The molecule has 116 valence electrons. The van der Waals surface area contributed by atoms with E-state index in [-0.39, 0.29) is 0 Å². The van der Waals surface area contributed by atoms with E-state index in [9.17, 15) is 0 Å². The van der Waals surface area contributed by atoms with Gasteiger partial charge in [-0.15, -0.1) is 0 Å². The van der Waals surface area contributed by atoms with E-state index in [2.05, 4.69) is 20.2 Å². The van der Waals surface area contributed by atoms with Crippen LogP contribution in [0.1, 0.15) is 37.4 Å². The van der Waals surface area contributed by atoms with Crippen LogP contribution in [0.5, 0.6) is 0 Å². The van der Waals surface area contributed by atoms with Gasteiger partial charge in [0, 0.05) is 32.3 Å². The molecule has 5 nitrogen and oxygen atoms in total. The first-order valence-corrected chi connectivity index (χ1v) is 8.13. The summed E-state index contributed by atoms with van der Waals surface area (Å²) in [6.45, 7) is 5.31. The fraction of sp³-hybridized carbons (Fsp3) is 0.750. The molecule has 5 heteroatoms. The summed E-state index contributed by atoms with van der Waals surface area (Å²) in [6, 6.07) is 1.99. The van der Waals surface area contributed by atoms with E-state index in [1.165, 1.54) is 38.8 Å². The number of anilines is 1. The maximum Gasteiger partial charge on any atom is 0.133 e. The van der Waals surface area contributed by atoms with E-state index in [4.69, 9.17) is 4.74 Å². The zero-order chi connectivity index (χ0) is 14.5. The summed E-state index contributed by atoms with van der Waals surface area (Å²) in [5.41, 5.74) is 0. The van der Waals surface area contributed by atoms with Gasteiger partial charge in [-0.05, 0) is 50.8 Å². The predicted octanol–water partition coefficient (Wildman–Crippen LogP) is 2.12. The van der Waals surface area contributed by atoms with Crippen LogP contribution >= 0.6 is 0 Å². The van der Waals surface area contributed by atoms with Crippen molar-refractivity contribution in [3.05, 3.63) is 18.1 Å². The van der Waals surface area contributed by atoms with E-state index in [0.29, 0.717) is 5.92 Å². The number of methoxy groups -OCH3 is 1. The standard InChI is InChI=1S/C16H26N4O/c1-21-11-10-20-8-5-13(6-9-20)12-18-15-4-7-17-16(19-15)14-2-3-14/h4,7,13-14H,2-3,5-6,8-12H2,1H3,(H,17,18,19). The summed E-state index contributed by atoms with van der Waals surface area (Å²) in [5, 5.41) is 3.50. The van der Waals surface area contributed by atoms with Gasteiger partial charge in [-0.2, -0.15) is 0 Å². The minimum Gasteiger partial charge on any atom is -0.383 e. The normalized spacial score (nSPS) is 20.6. The molecule has 3 rings (SSSR count). The zero-order valence-electron chi connectivity index (χ0n) is 12.9. The van der Waals surface area contributed by atoms with E-state index in [1.807, 2.05) is 12.3 Å². The largest absolute Gasteiger partial charge is 0.383 e. The lowest BCUT2D eigenvalue weighted by molar-refractivity contribution is 0.122. The third-order valence-corrected chi connectivity index (χ3v) is 4.51. The Bertz CT molecular complexity index is 442. The van der Waals surface area contributed by atoms with Gasteiger partial charge in [-0.25, -0.2) is 9.97 Å². The second-order valence-corrected chi connectivity index (χ2v) is 6.23. The number of nitrogens with one attached hydrogen (secondary N) is 1. The first-order valence-electron chi connectivity index (χ1n) is 8.13. The molecule has 0 amide bonds. The molecule has 21 heavy (non-hydrogen) atoms. The van der Waals surface area contributed by atoms with Gasteiger partial charge >= 0.3 is 0 Å². The van der Waals surface area contributed by atoms with Gasteiger partial charge in [0.15, 0.2) is 0 Å². The molecule has 0 aromatic carbocycles. The maximum atomic E-state index is 5.14. The van der Waals surface area contributed by atoms with Gasteiger partial charge in [0.2, 0.25) is 0 Å². The minimum absolute atomic E-state index is 0.621. The summed E-state index contributed by atoms with van der Waals surface area (Å²) in [7, 11) is 1.77. The summed E-state index contributed by atoms with van der Waals surface area (Å²) < 4.78 is 5.14. The number of nitrogens with zero attached hydrogens (tertiary/aromatic N) is 3. The molecule has 1 N–H and O–H groups in total. The molecule has 1 aliphatic heterocycles. The predicted molar refractivity (Wildman–Crippen MR) is 83.5 cm³/mol. The lowest BCUT2D eigenvalue weighted by Gasteiger charge is -2.31. The lowest BCUT2D eigenvalue weighted by Crippen LogP contribution is -2.37. The molecule has 2 aliphatic rings. The van der Waals surface area contributed by atoms with E-state index < -0.39 is 0 Å². The molecule has 0 atom stereocenters. The molecule has 0 unspecified atom stereocenters. The van der Waals surface area contributed by atoms with E-state index in [0.717, 1.165) is 37.3 Å². The average molecular weight is 290 g/mol. The Kier molecular flexibility index (Phi) is 5.04. The number of ether oxygens (including phenoxy) is 1. The Balaban J connectivity index is 1.40. The van der Waals surface area contributed by atoms with Crippen molar-refractivity contribution in [2.45, 2.75) is 31.6 Å². The van der Waals surface area contributed by atoms with Crippen LogP contribution in [0.15, 0.2) is 12.3 Å². The van der Waals surface area contributed by atoms with Crippen LogP contribution in [0.2, 0.25) is 0 Å². The van der Waals surface area contributed by atoms with Crippen LogP contribution < -0.4 is 5.32 Å². The number of hydrogen-bond donors (Lipinski definition) is 1. The monoisotopic (exact) mass is 290 g/mol. The smallest absolute Gasteiger partial charge is 0.133 e. The van der Waals surface area contributed by atoms with Crippen LogP contribution in [0.25, 0.3) is 0 Å². The van der Waals surface area contributed by atoms with Crippen molar-refractivity contribution >= 4 is 5.82 Å². The quantitative estimate of drug-likeness (QED) is 0.833. The SMILES string of the molecule is COCCN1CCC(CNc2ccnc(C3CC3)n2)CC1. The Morgan fingerprint density at radius 1 is 1.29 bits per heavy atom. The summed E-state index contributed by atoms with van der Waals surface area (Å²) in [5.74, 6) is 3.39. The van der Waals surface area contributed by atoms with Crippen LogP contribution in [-0.2, 0) is 4.74 Å². The minimum atomic E-state index is 0.621. The third kappa shape index (κ3) is 4.38. The fourth-order valence-corrected chi connectivity index (χ4v) is 2.89. The molecule has 1 saturated heterocycles. The highest BCUT2D eigenvalue weighted by atomic mass is 16.5. The van der Waals surface area contributed by atoms with Crippen molar-refractivity contribution in [2.75, 3.05) is 45.2 Å². The number of piperidine rings is 1. The summed E-state index contributed by atoms with van der Waals surface area (Å²) in [6.07, 6.45) is 6.91. The van der Waals surface area contributed by atoms with Crippen LogP contribution in [0.4, 0.5) is 5.82 Å². The zero-order valence-corrected chi connectivity index (χ0v) is 12.9. The van der Waals surface area contributed by atoms with Crippen molar-refractivity contribution in [1.29, 1.82) is 0 Å². The Labute approximate surface area is 127 Å². The first kappa shape index (κ1) is 14.7. The second kappa shape index (κ2) is 7.18. The topological polar surface area (TPSA) is 50.3 Å². The van der Waals surface area contributed by atoms with Gasteiger partial charge in [-0.1, -0.05) is 0 Å². The molecule has 1 aromatic rings. The maximum absolute atomic E-state index is 5.14. The number of aromatic nitrogens is 2. The highest BCUT2D eigenvalue weighted by Crippen LogP contribution is 2.38. The van der Waals surface area contributed by atoms with Crippen molar-refractivity contribution in [2.24, 2.45) is 5.92 Å². The molecule has 1 aliphatic carbocycles. The molecular formula is C16H26N4O. The highest BCUT2D eigenvalue weighted by molar-refractivity contribution is 5.33. The molecule has 2 heterocycles. The number of hydrogen-bond acceptors (Lipinski definition) is 5. The Morgan fingerprint density at radius 3 is 2.81 bits per heavy atom. The molecular weight excluding hydrogens is 264 g/mol. The summed E-state index contributed by atoms with van der Waals surface area (Å²) >= 11 is 0. The Hall–Kier alpha value is -1.20.